The van der Waals surface area contributed by atoms with Crippen LogP contribution in [0.25, 0.3) is 11.0 Å². The number of furan rings is 1. The number of benzene rings is 3. The first-order valence-electron chi connectivity index (χ1n) is 11.4. The van der Waals surface area contributed by atoms with Gasteiger partial charge in [-0.2, -0.15) is 10.4 Å². The van der Waals surface area contributed by atoms with E-state index in [0.29, 0.717) is 40.0 Å². The number of hydrogen-bond acceptors (Lipinski definition) is 8. The highest BCUT2D eigenvalue weighted by Gasteiger charge is 2.16. The van der Waals surface area contributed by atoms with Gasteiger partial charge in [0.1, 0.15) is 12.2 Å². The third-order valence-corrected chi connectivity index (χ3v) is 5.56. The molecule has 1 heterocycles. The first-order chi connectivity index (χ1) is 18.4. The van der Waals surface area contributed by atoms with E-state index in [2.05, 4.69) is 23.2 Å². The van der Waals surface area contributed by atoms with Crippen LogP contribution in [0.3, 0.4) is 0 Å². The maximum absolute atomic E-state index is 12.5. The van der Waals surface area contributed by atoms with Crippen molar-refractivity contribution in [3.63, 3.8) is 0 Å². The molecule has 3 aromatic carbocycles. The van der Waals surface area contributed by atoms with Crippen molar-refractivity contribution in [1.29, 1.82) is 5.26 Å². The highest BCUT2D eigenvalue weighted by atomic mass is 16.6. The summed E-state index contributed by atoms with van der Waals surface area (Å²) in [5, 5.41) is 24.7. The number of ether oxygens (including phenoxy) is 2. The van der Waals surface area contributed by atoms with E-state index in [1.807, 2.05) is 18.2 Å². The molecule has 0 bridgehead atoms. The fourth-order valence-electron chi connectivity index (χ4n) is 3.76. The molecule has 1 aromatic heterocycles. The van der Waals surface area contributed by atoms with Crippen LogP contribution >= 0.6 is 0 Å². The molecule has 0 aliphatic rings. The number of hydrogen-bond donors (Lipinski definition) is 1. The molecule has 10 heteroatoms. The van der Waals surface area contributed by atoms with E-state index in [1.54, 1.807) is 24.3 Å². The number of amides is 1. The van der Waals surface area contributed by atoms with Gasteiger partial charge < -0.3 is 13.9 Å². The van der Waals surface area contributed by atoms with E-state index in [1.165, 1.54) is 37.6 Å². The Balaban J connectivity index is 1.51. The number of nitrogens with zero attached hydrogens (tertiary/aromatic N) is 3. The molecule has 0 spiro atoms. The molecule has 0 aliphatic carbocycles. The maximum Gasteiger partial charge on any atom is 0.307 e. The molecule has 1 N–H and O–H groups in total. The van der Waals surface area contributed by atoms with E-state index < -0.39 is 10.8 Å². The van der Waals surface area contributed by atoms with Crippen LogP contribution in [0.15, 0.2) is 82.8 Å². The standard InChI is InChI=1S/C28H22N4O6/c1-3-6-19-11-18(12-25(36-2)27(19)37-17-21-8-5-4-7-20(21)15-29)16-30-31-28(33)26-14-22-13-23(32(34)35)9-10-24(22)38-26/h3-5,7-14,16H,1,6,17H2,2H3,(H,31,33)/b30-16+. The Bertz CT molecular complexity index is 1600. The minimum atomic E-state index is -0.616. The smallest absolute Gasteiger partial charge is 0.307 e. The van der Waals surface area contributed by atoms with Gasteiger partial charge in [0.25, 0.3) is 5.69 Å². The summed E-state index contributed by atoms with van der Waals surface area (Å²) in [6.07, 6.45) is 3.64. The summed E-state index contributed by atoms with van der Waals surface area (Å²) < 4.78 is 17.1. The molecule has 0 fully saturated rings. The number of nitro benzene ring substituents is 1. The number of fused-ring (bicyclic) bond motifs is 1. The maximum atomic E-state index is 12.5. The van der Waals surface area contributed by atoms with Crippen molar-refractivity contribution in [2.24, 2.45) is 5.10 Å². The largest absolute Gasteiger partial charge is 0.493 e. The number of nitriles is 1. The molecule has 0 radical (unpaired) electrons. The van der Waals surface area contributed by atoms with Gasteiger partial charge in [0.15, 0.2) is 17.3 Å². The minimum Gasteiger partial charge on any atom is -0.493 e. The monoisotopic (exact) mass is 510 g/mol. The van der Waals surface area contributed by atoms with Crippen molar-refractivity contribution in [3.05, 3.63) is 111 Å². The zero-order valence-corrected chi connectivity index (χ0v) is 20.3. The second-order valence-corrected chi connectivity index (χ2v) is 8.05. The molecule has 38 heavy (non-hydrogen) atoms. The van der Waals surface area contributed by atoms with Gasteiger partial charge in [0, 0.05) is 28.6 Å². The van der Waals surface area contributed by atoms with Crippen molar-refractivity contribution in [2.75, 3.05) is 7.11 Å². The van der Waals surface area contributed by atoms with Crippen LogP contribution < -0.4 is 14.9 Å². The fourth-order valence-corrected chi connectivity index (χ4v) is 3.76. The van der Waals surface area contributed by atoms with Crippen molar-refractivity contribution in [3.8, 4) is 17.6 Å². The van der Waals surface area contributed by atoms with E-state index in [4.69, 9.17) is 13.9 Å². The Morgan fingerprint density at radius 2 is 2.03 bits per heavy atom. The van der Waals surface area contributed by atoms with E-state index in [-0.39, 0.29) is 18.1 Å². The van der Waals surface area contributed by atoms with Gasteiger partial charge in [-0.15, -0.1) is 6.58 Å². The predicted molar refractivity (Wildman–Crippen MR) is 140 cm³/mol. The molecule has 0 saturated heterocycles. The number of hydrazone groups is 1. The molecule has 0 unspecified atom stereocenters. The number of carbonyl (C=O) groups excluding carboxylic acids is 1. The number of nitrogens with one attached hydrogen (secondary N) is 1. The summed E-state index contributed by atoms with van der Waals surface area (Å²) in [4.78, 5) is 23.0. The number of allylic oxidation sites excluding steroid dienone is 1. The van der Waals surface area contributed by atoms with Crippen LogP contribution in [0.1, 0.15) is 32.8 Å². The number of non-ortho nitro benzene ring substituents is 1. The lowest BCUT2D eigenvalue weighted by atomic mass is 10.1. The number of methoxy groups -OCH3 is 1. The molecular formula is C28H22N4O6. The van der Waals surface area contributed by atoms with Crippen LogP contribution in [0.5, 0.6) is 11.5 Å². The predicted octanol–water partition coefficient (Wildman–Crippen LogP) is 5.29. The highest BCUT2D eigenvalue weighted by molar-refractivity contribution is 5.97. The Morgan fingerprint density at radius 1 is 1.21 bits per heavy atom. The second kappa shape index (κ2) is 11.5. The van der Waals surface area contributed by atoms with Crippen molar-refractivity contribution < 1.29 is 23.6 Å². The fraction of sp³-hybridized carbons (Fsp3) is 0.107. The Hall–Kier alpha value is -5.43. The Labute approximate surface area is 217 Å². The van der Waals surface area contributed by atoms with Gasteiger partial charge in [-0.3, -0.25) is 14.9 Å². The molecular weight excluding hydrogens is 488 g/mol. The molecule has 1 amide bonds. The summed E-state index contributed by atoms with van der Waals surface area (Å²) in [5.74, 6) is 0.307. The summed E-state index contributed by atoms with van der Waals surface area (Å²) in [6, 6.07) is 18.3. The zero-order valence-electron chi connectivity index (χ0n) is 20.3. The van der Waals surface area contributed by atoms with Crippen LogP contribution in [0.2, 0.25) is 0 Å². The molecule has 4 rings (SSSR count). The first kappa shape index (κ1) is 25.7. The lowest BCUT2D eigenvalue weighted by Gasteiger charge is -2.16. The molecule has 0 aliphatic heterocycles. The third kappa shape index (κ3) is 5.68. The Kier molecular flexibility index (Phi) is 7.79. The van der Waals surface area contributed by atoms with Crippen molar-refractivity contribution in [1.82, 2.24) is 5.43 Å². The van der Waals surface area contributed by atoms with Crippen LogP contribution in [0, 0.1) is 21.4 Å². The van der Waals surface area contributed by atoms with Gasteiger partial charge >= 0.3 is 5.91 Å². The summed E-state index contributed by atoms with van der Waals surface area (Å²) >= 11 is 0. The van der Waals surface area contributed by atoms with Crippen LogP contribution in [-0.2, 0) is 13.0 Å². The van der Waals surface area contributed by atoms with Crippen LogP contribution in [-0.4, -0.2) is 24.2 Å². The minimum absolute atomic E-state index is 0.0380. The second-order valence-electron chi connectivity index (χ2n) is 8.05. The van der Waals surface area contributed by atoms with Gasteiger partial charge in [0.05, 0.1) is 29.9 Å². The van der Waals surface area contributed by atoms with E-state index in [0.717, 1.165) is 11.1 Å². The lowest BCUT2D eigenvalue weighted by molar-refractivity contribution is -0.384. The highest BCUT2D eigenvalue weighted by Crippen LogP contribution is 2.34. The van der Waals surface area contributed by atoms with E-state index in [9.17, 15) is 20.2 Å². The van der Waals surface area contributed by atoms with Gasteiger partial charge in [0.2, 0.25) is 0 Å². The SMILES string of the molecule is C=CCc1cc(/C=N/NC(=O)c2cc3cc([N+](=O)[O-])ccc3o2)cc(OC)c1OCc1ccccc1C#N. The lowest BCUT2D eigenvalue weighted by Crippen LogP contribution is -2.16. The summed E-state index contributed by atoms with van der Waals surface area (Å²) in [6.45, 7) is 3.98. The van der Waals surface area contributed by atoms with Crippen LogP contribution in [0.4, 0.5) is 5.69 Å². The molecule has 0 atom stereocenters. The van der Waals surface area contributed by atoms with Crippen molar-refractivity contribution >= 4 is 28.8 Å². The van der Waals surface area contributed by atoms with E-state index >= 15 is 0 Å². The topological polar surface area (TPSA) is 140 Å². The number of nitro groups is 1. The third-order valence-electron chi connectivity index (χ3n) is 5.56. The summed E-state index contributed by atoms with van der Waals surface area (Å²) in [5.41, 5.74) is 5.31. The zero-order chi connectivity index (χ0) is 27.1. The first-order valence-corrected chi connectivity index (χ1v) is 11.4. The normalized spacial score (nSPS) is 10.7. The van der Waals surface area contributed by atoms with Crippen molar-refractivity contribution in [2.45, 2.75) is 13.0 Å². The number of rotatable bonds is 10. The summed E-state index contributed by atoms with van der Waals surface area (Å²) in [7, 11) is 1.51. The quantitative estimate of drug-likeness (QED) is 0.132. The molecule has 190 valence electrons. The molecule has 4 aromatic rings. The number of carbonyl (C=O) groups is 1. The average Bonchev–Trinajstić information content (AvgIpc) is 3.36. The van der Waals surface area contributed by atoms with Gasteiger partial charge in [-0.1, -0.05) is 24.3 Å². The molecule has 10 nitrogen and oxygen atoms in total. The van der Waals surface area contributed by atoms with Gasteiger partial charge in [-0.25, -0.2) is 5.43 Å². The Morgan fingerprint density at radius 3 is 2.76 bits per heavy atom. The molecule has 0 saturated carbocycles. The average molecular weight is 511 g/mol. The van der Waals surface area contributed by atoms with Gasteiger partial charge in [-0.05, 0) is 42.3 Å².